The lowest BCUT2D eigenvalue weighted by Crippen LogP contribution is -2.38. The fourth-order valence-electron chi connectivity index (χ4n) is 2.58. The lowest BCUT2D eigenvalue weighted by atomic mass is 10.1. The van der Waals surface area contributed by atoms with Crippen molar-refractivity contribution in [2.24, 2.45) is 0 Å². The van der Waals surface area contributed by atoms with Crippen molar-refractivity contribution in [3.63, 3.8) is 0 Å². The molecule has 1 saturated heterocycles. The average molecular weight is 339 g/mol. The van der Waals surface area contributed by atoms with Crippen LogP contribution in [-0.2, 0) is 25.1 Å². The predicted octanol–water partition coefficient (Wildman–Crippen LogP) is 1.58. The number of carbonyl (C=O) groups excluding carboxylic acids is 1. The first kappa shape index (κ1) is 17.6. The number of nitrogens with zero attached hydrogens (tertiary/aromatic N) is 1. The van der Waals surface area contributed by atoms with Crippen LogP contribution in [0.15, 0.2) is 29.2 Å². The smallest absolute Gasteiger partial charge is 0.332 e. The van der Waals surface area contributed by atoms with Crippen LogP contribution in [0.25, 0.3) is 0 Å². The molecule has 0 spiro atoms. The minimum Gasteiger partial charge on any atom is -0.479 e. The van der Waals surface area contributed by atoms with Crippen molar-refractivity contribution in [3.8, 4) is 0 Å². The van der Waals surface area contributed by atoms with E-state index in [0.29, 0.717) is 12.8 Å². The molecule has 1 N–H and O–H groups in total. The minimum atomic E-state index is -1.04. The van der Waals surface area contributed by atoms with Gasteiger partial charge < -0.3 is 14.7 Å². The van der Waals surface area contributed by atoms with Crippen molar-refractivity contribution in [1.82, 2.24) is 4.90 Å². The van der Waals surface area contributed by atoms with Gasteiger partial charge in [-0.25, -0.2) is 4.79 Å². The highest BCUT2D eigenvalue weighted by atomic mass is 32.2. The summed E-state index contributed by atoms with van der Waals surface area (Å²) in [5.41, 5.74) is 0.919. The third kappa shape index (κ3) is 3.97. The average Bonchev–Trinajstić information content (AvgIpc) is 3.03. The standard InChI is InChI=1S/C16H21NO5S/c1-10(11-4-6-12(7-5-11)23(3)21)17(2)15(18)13-8-9-14(22-13)16(19)20/h4-7,10,13-14H,8-9H2,1-3H3,(H,19,20)/t10?,13-,14+,23?/m0/s1. The summed E-state index contributed by atoms with van der Waals surface area (Å²) in [5.74, 6) is -1.25. The van der Waals surface area contributed by atoms with Crippen LogP contribution in [0, 0.1) is 0 Å². The van der Waals surface area contributed by atoms with Crippen LogP contribution in [0.5, 0.6) is 0 Å². The first-order valence-corrected chi connectivity index (χ1v) is 8.95. The highest BCUT2D eigenvalue weighted by Gasteiger charge is 2.37. The second-order valence-electron chi connectivity index (χ2n) is 5.68. The van der Waals surface area contributed by atoms with Crippen molar-refractivity contribution in [1.29, 1.82) is 0 Å². The Bertz CT molecular complexity index is 615. The van der Waals surface area contributed by atoms with E-state index in [1.807, 2.05) is 19.1 Å². The molecule has 1 aliphatic heterocycles. The van der Waals surface area contributed by atoms with Gasteiger partial charge in [-0.05, 0) is 37.5 Å². The number of carboxylic acids is 1. The molecule has 0 aliphatic carbocycles. The largest absolute Gasteiger partial charge is 0.479 e. The number of rotatable bonds is 5. The Balaban J connectivity index is 2.04. The molecule has 1 heterocycles. The molecule has 0 radical (unpaired) electrons. The zero-order valence-corrected chi connectivity index (χ0v) is 14.2. The second kappa shape index (κ2) is 7.23. The van der Waals surface area contributed by atoms with Crippen molar-refractivity contribution in [2.45, 2.75) is 42.9 Å². The van der Waals surface area contributed by atoms with Crippen LogP contribution < -0.4 is 0 Å². The van der Waals surface area contributed by atoms with Gasteiger partial charge in [0, 0.05) is 29.0 Å². The van der Waals surface area contributed by atoms with Gasteiger partial charge in [0.2, 0.25) is 0 Å². The summed E-state index contributed by atoms with van der Waals surface area (Å²) in [6, 6.07) is 7.08. The van der Waals surface area contributed by atoms with Crippen molar-refractivity contribution in [3.05, 3.63) is 29.8 Å². The Labute approximate surface area is 137 Å². The number of carboxylic acid groups (broad SMARTS) is 1. The molecule has 1 aromatic rings. The van der Waals surface area contributed by atoms with Gasteiger partial charge in [-0.15, -0.1) is 0 Å². The predicted molar refractivity (Wildman–Crippen MR) is 85.5 cm³/mol. The van der Waals surface area contributed by atoms with E-state index in [4.69, 9.17) is 9.84 Å². The summed E-state index contributed by atoms with van der Waals surface area (Å²) in [5, 5.41) is 8.93. The first-order valence-electron chi connectivity index (χ1n) is 7.39. The molecule has 4 atom stereocenters. The molecule has 6 nitrogen and oxygen atoms in total. The van der Waals surface area contributed by atoms with Gasteiger partial charge in [0.25, 0.3) is 5.91 Å². The molecule has 1 aliphatic rings. The van der Waals surface area contributed by atoms with Crippen molar-refractivity contribution < 1.29 is 23.6 Å². The maximum Gasteiger partial charge on any atom is 0.332 e. The van der Waals surface area contributed by atoms with Gasteiger partial charge in [-0.3, -0.25) is 9.00 Å². The molecule has 2 rings (SSSR count). The van der Waals surface area contributed by atoms with Crippen LogP contribution in [-0.4, -0.2) is 51.6 Å². The summed E-state index contributed by atoms with van der Waals surface area (Å²) in [6.45, 7) is 1.89. The molecule has 23 heavy (non-hydrogen) atoms. The Hall–Kier alpha value is -1.73. The number of carbonyl (C=O) groups is 2. The van der Waals surface area contributed by atoms with Gasteiger partial charge in [0.05, 0.1) is 6.04 Å². The molecule has 0 saturated carbocycles. The summed E-state index contributed by atoms with van der Waals surface area (Å²) < 4.78 is 16.7. The van der Waals surface area contributed by atoms with E-state index in [1.54, 1.807) is 30.3 Å². The molecule has 1 amide bonds. The van der Waals surface area contributed by atoms with Crippen LogP contribution in [0.1, 0.15) is 31.4 Å². The Morgan fingerprint density at radius 2 is 1.83 bits per heavy atom. The lowest BCUT2D eigenvalue weighted by molar-refractivity contribution is -0.155. The number of hydrogen-bond donors (Lipinski definition) is 1. The highest BCUT2D eigenvalue weighted by Crippen LogP contribution is 2.26. The zero-order chi connectivity index (χ0) is 17.1. The van der Waals surface area contributed by atoms with Crippen molar-refractivity contribution in [2.75, 3.05) is 13.3 Å². The molecular weight excluding hydrogens is 318 g/mol. The molecule has 126 valence electrons. The third-order valence-corrected chi connectivity index (χ3v) is 5.13. The number of likely N-dealkylation sites (N-methyl/N-ethyl adjacent to an activating group) is 1. The summed E-state index contributed by atoms with van der Waals surface area (Å²) >= 11 is 0. The number of ether oxygens (including phenoxy) is 1. The van der Waals surface area contributed by atoms with Gasteiger partial charge in [-0.2, -0.15) is 0 Å². The van der Waals surface area contributed by atoms with Gasteiger partial charge >= 0.3 is 5.97 Å². The Kier molecular flexibility index (Phi) is 5.54. The number of benzene rings is 1. The summed E-state index contributed by atoms with van der Waals surface area (Å²) in [7, 11) is 0.640. The topological polar surface area (TPSA) is 83.9 Å². The van der Waals surface area contributed by atoms with Crippen molar-refractivity contribution >= 4 is 22.7 Å². The van der Waals surface area contributed by atoms with Gasteiger partial charge in [-0.1, -0.05) is 12.1 Å². The van der Waals surface area contributed by atoms with E-state index >= 15 is 0 Å². The normalized spacial score (nSPS) is 23.3. The number of amides is 1. The van der Waals surface area contributed by atoms with E-state index in [0.717, 1.165) is 10.5 Å². The van der Waals surface area contributed by atoms with Gasteiger partial charge in [0.15, 0.2) is 6.10 Å². The fourth-order valence-corrected chi connectivity index (χ4v) is 3.10. The van der Waals surface area contributed by atoms with E-state index in [-0.39, 0.29) is 11.9 Å². The molecule has 1 aromatic carbocycles. The van der Waals surface area contributed by atoms with E-state index in [1.165, 1.54) is 0 Å². The van der Waals surface area contributed by atoms with Crippen LogP contribution >= 0.6 is 0 Å². The van der Waals surface area contributed by atoms with Crippen LogP contribution in [0.4, 0.5) is 0 Å². The lowest BCUT2D eigenvalue weighted by Gasteiger charge is -2.27. The monoisotopic (exact) mass is 339 g/mol. The molecule has 0 aromatic heterocycles. The number of aliphatic carboxylic acids is 1. The quantitative estimate of drug-likeness (QED) is 0.880. The van der Waals surface area contributed by atoms with Crippen LogP contribution in [0.3, 0.4) is 0 Å². The highest BCUT2D eigenvalue weighted by molar-refractivity contribution is 7.84. The summed E-state index contributed by atoms with van der Waals surface area (Å²) in [6.07, 6.45) is 0.785. The van der Waals surface area contributed by atoms with Crippen LogP contribution in [0.2, 0.25) is 0 Å². The molecule has 2 unspecified atom stereocenters. The third-order valence-electron chi connectivity index (χ3n) is 4.19. The summed E-state index contributed by atoms with van der Waals surface area (Å²) in [4.78, 5) is 25.7. The molecular formula is C16H21NO5S. The number of hydrogen-bond acceptors (Lipinski definition) is 4. The molecule has 0 bridgehead atoms. The molecule has 1 fully saturated rings. The first-order chi connectivity index (χ1) is 10.8. The Morgan fingerprint density at radius 1 is 1.26 bits per heavy atom. The minimum absolute atomic E-state index is 0.186. The van der Waals surface area contributed by atoms with E-state index in [9.17, 15) is 13.8 Å². The molecule has 7 heteroatoms. The Morgan fingerprint density at radius 3 is 2.30 bits per heavy atom. The SMILES string of the molecule is CC(c1ccc(S(C)=O)cc1)N(C)C(=O)[C@@H]1CC[C@H](C(=O)O)O1. The van der Waals surface area contributed by atoms with E-state index in [2.05, 4.69) is 0 Å². The maximum atomic E-state index is 12.5. The maximum absolute atomic E-state index is 12.5. The van der Waals surface area contributed by atoms with Gasteiger partial charge in [0.1, 0.15) is 6.10 Å². The fraction of sp³-hybridized carbons (Fsp3) is 0.500. The zero-order valence-electron chi connectivity index (χ0n) is 13.4. The second-order valence-corrected chi connectivity index (χ2v) is 7.06. The van der Waals surface area contributed by atoms with E-state index < -0.39 is 29.0 Å².